The van der Waals surface area contributed by atoms with E-state index in [-0.39, 0.29) is 36.2 Å². The van der Waals surface area contributed by atoms with Gasteiger partial charge in [-0.3, -0.25) is 19.7 Å². The first-order valence-corrected chi connectivity index (χ1v) is 11.6. The fourth-order valence-corrected chi connectivity index (χ4v) is 3.72. The van der Waals surface area contributed by atoms with Crippen molar-refractivity contribution in [3.8, 4) is 11.5 Å². The summed E-state index contributed by atoms with van der Waals surface area (Å²) in [6.45, 7) is 4.89. The number of rotatable bonds is 12. The van der Waals surface area contributed by atoms with E-state index in [9.17, 15) is 19.7 Å². The number of imidazole rings is 1. The van der Waals surface area contributed by atoms with E-state index in [1.165, 1.54) is 23.9 Å². The molecule has 1 heterocycles. The van der Waals surface area contributed by atoms with E-state index in [0.717, 1.165) is 0 Å². The van der Waals surface area contributed by atoms with Crippen molar-refractivity contribution in [3.05, 3.63) is 46.5 Å². The van der Waals surface area contributed by atoms with Crippen LogP contribution in [0.3, 0.4) is 0 Å². The lowest BCUT2D eigenvalue weighted by Gasteiger charge is -2.13. The minimum Gasteiger partial charge on any atom is -0.490 e. The number of thioether (sulfide) groups is 1. The lowest BCUT2D eigenvalue weighted by atomic mass is 10.2. The maximum atomic E-state index is 12.2. The number of hydrogen-bond donors (Lipinski definition) is 3. The Labute approximate surface area is 199 Å². The van der Waals surface area contributed by atoms with Gasteiger partial charge in [-0.15, -0.1) is 0 Å². The fourth-order valence-electron chi connectivity index (χ4n) is 3.01. The number of nitrogens with zero attached hydrogens (tertiary/aromatic N) is 2. The van der Waals surface area contributed by atoms with Crippen LogP contribution in [0.4, 0.5) is 11.4 Å². The minimum atomic E-state index is -0.482. The van der Waals surface area contributed by atoms with Crippen molar-refractivity contribution in [1.29, 1.82) is 0 Å². The van der Waals surface area contributed by atoms with Crippen molar-refractivity contribution in [2.24, 2.45) is 0 Å². The first-order valence-electron chi connectivity index (χ1n) is 10.6. The topological polar surface area (TPSA) is 148 Å². The van der Waals surface area contributed by atoms with Gasteiger partial charge in [-0.1, -0.05) is 11.8 Å². The number of H-pyrrole nitrogens is 1. The SMILES string of the molecule is CCOc1ccc(NC(=O)CCNC(=O)CSc2nc3ccc([N+](=O)[O-])cc3[nH]2)cc1OCC. The standard InChI is InChI=1S/C22H25N5O6S/c1-3-32-18-8-5-14(11-19(18)33-4-2)24-20(28)9-10-23-21(29)13-34-22-25-16-7-6-15(27(30)31)12-17(16)26-22/h5-8,11-12H,3-4,9-10,13H2,1-2H3,(H,23,29)(H,24,28)(H,25,26). The summed E-state index contributed by atoms with van der Waals surface area (Å²) in [6, 6.07) is 9.48. The van der Waals surface area contributed by atoms with Crippen LogP contribution in [0.25, 0.3) is 11.0 Å². The minimum absolute atomic E-state index is 0.0388. The van der Waals surface area contributed by atoms with E-state index in [4.69, 9.17) is 9.47 Å². The van der Waals surface area contributed by atoms with Gasteiger partial charge in [-0.05, 0) is 32.0 Å². The van der Waals surface area contributed by atoms with E-state index in [0.29, 0.717) is 46.6 Å². The van der Waals surface area contributed by atoms with Crippen LogP contribution in [-0.4, -0.2) is 52.2 Å². The van der Waals surface area contributed by atoms with Crippen LogP contribution < -0.4 is 20.1 Å². The molecule has 0 bridgehead atoms. The lowest BCUT2D eigenvalue weighted by molar-refractivity contribution is -0.384. The molecule has 0 saturated heterocycles. The lowest BCUT2D eigenvalue weighted by Crippen LogP contribution is -2.29. The quantitative estimate of drug-likeness (QED) is 0.200. The molecule has 1 aromatic heterocycles. The molecule has 11 nitrogen and oxygen atoms in total. The van der Waals surface area contributed by atoms with Gasteiger partial charge in [-0.25, -0.2) is 4.98 Å². The molecule has 2 aromatic carbocycles. The summed E-state index contributed by atoms with van der Waals surface area (Å²) in [5.74, 6) is 0.727. The van der Waals surface area contributed by atoms with Gasteiger partial charge in [0.15, 0.2) is 16.7 Å². The summed E-state index contributed by atoms with van der Waals surface area (Å²) in [5.41, 5.74) is 1.63. The van der Waals surface area contributed by atoms with Crippen molar-refractivity contribution >= 4 is 46.0 Å². The number of anilines is 1. The van der Waals surface area contributed by atoms with Gasteiger partial charge in [-0.2, -0.15) is 0 Å². The second-order valence-corrected chi connectivity index (χ2v) is 7.93. The number of hydrogen-bond acceptors (Lipinski definition) is 8. The van der Waals surface area contributed by atoms with E-state index >= 15 is 0 Å². The first-order chi connectivity index (χ1) is 16.4. The number of benzene rings is 2. The van der Waals surface area contributed by atoms with Crippen LogP contribution in [0.15, 0.2) is 41.6 Å². The van der Waals surface area contributed by atoms with Crippen LogP contribution in [0.2, 0.25) is 0 Å². The summed E-state index contributed by atoms with van der Waals surface area (Å²) in [4.78, 5) is 42.0. The largest absolute Gasteiger partial charge is 0.490 e. The summed E-state index contributed by atoms with van der Waals surface area (Å²) in [5, 5.41) is 16.8. The van der Waals surface area contributed by atoms with Crippen molar-refractivity contribution < 1.29 is 24.0 Å². The Hall–Kier alpha value is -3.80. The van der Waals surface area contributed by atoms with Crippen LogP contribution in [0.1, 0.15) is 20.3 Å². The Morgan fingerprint density at radius 1 is 1.09 bits per heavy atom. The molecule has 0 unspecified atom stereocenters. The summed E-state index contributed by atoms with van der Waals surface area (Å²) in [7, 11) is 0. The maximum Gasteiger partial charge on any atom is 0.271 e. The Balaban J connectivity index is 1.43. The molecule has 34 heavy (non-hydrogen) atoms. The van der Waals surface area contributed by atoms with Gasteiger partial charge in [0.2, 0.25) is 11.8 Å². The van der Waals surface area contributed by atoms with Crippen LogP contribution in [0, 0.1) is 10.1 Å². The third-order valence-electron chi connectivity index (χ3n) is 4.50. The molecule has 12 heteroatoms. The highest BCUT2D eigenvalue weighted by atomic mass is 32.2. The average molecular weight is 488 g/mol. The molecule has 0 aliphatic rings. The Morgan fingerprint density at radius 2 is 1.85 bits per heavy atom. The molecule has 0 aliphatic carbocycles. The van der Waals surface area contributed by atoms with Crippen molar-refractivity contribution in [1.82, 2.24) is 15.3 Å². The molecule has 3 aromatic rings. The molecule has 2 amide bonds. The molecule has 3 rings (SSSR count). The number of non-ortho nitro benzene ring substituents is 1. The molecule has 0 saturated carbocycles. The molecular formula is C22H25N5O6S. The zero-order valence-corrected chi connectivity index (χ0v) is 19.6. The van der Waals surface area contributed by atoms with E-state index in [2.05, 4.69) is 20.6 Å². The Morgan fingerprint density at radius 3 is 2.59 bits per heavy atom. The van der Waals surface area contributed by atoms with Gasteiger partial charge in [0.1, 0.15) is 0 Å². The summed E-state index contributed by atoms with van der Waals surface area (Å²) < 4.78 is 11.1. The number of amides is 2. The monoisotopic (exact) mass is 487 g/mol. The highest BCUT2D eigenvalue weighted by Crippen LogP contribution is 2.30. The van der Waals surface area contributed by atoms with Crippen molar-refractivity contribution in [3.63, 3.8) is 0 Å². The van der Waals surface area contributed by atoms with Gasteiger partial charge in [0, 0.05) is 36.9 Å². The third kappa shape index (κ3) is 6.85. The highest BCUT2D eigenvalue weighted by Gasteiger charge is 2.12. The molecule has 3 N–H and O–H groups in total. The summed E-state index contributed by atoms with van der Waals surface area (Å²) in [6.07, 6.45) is 0.0991. The molecular weight excluding hydrogens is 462 g/mol. The zero-order chi connectivity index (χ0) is 24.5. The number of fused-ring (bicyclic) bond motifs is 1. The molecule has 0 spiro atoms. The van der Waals surface area contributed by atoms with E-state index in [1.54, 1.807) is 24.3 Å². The molecule has 0 radical (unpaired) electrons. The smallest absolute Gasteiger partial charge is 0.271 e. The number of aromatic nitrogens is 2. The Kier molecular flexibility index (Phi) is 8.68. The predicted molar refractivity (Wildman–Crippen MR) is 129 cm³/mol. The van der Waals surface area contributed by atoms with Crippen molar-refractivity contribution in [2.75, 3.05) is 30.8 Å². The second kappa shape index (κ2) is 11.9. The Bertz CT molecular complexity index is 1180. The predicted octanol–water partition coefficient (Wildman–Crippen LogP) is 3.51. The van der Waals surface area contributed by atoms with E-state index < -0.39 is 4.92 Å². The molecule has 0 fully saturated rings. The zero-order valence-electron chi connectivity index (χ0n) is 18.8. The third-order valence-corrected chi connectivity index (χ3v) is 5.37. The number of carbonyl (C=O) groups is 2. The van der Waals surface area contributed by atoms with Gasteiger partial charge < -0.3 is 25.1 Å². The number of ether oxygens (including phenoxy) is 2. The molecule has 180 valence electrons. The average Bonchev–Trinajstić information content (AvgIpc) is 3.22. The second-order valence-electron chi connectivity index (χ2n) is 6.96. The van der Waals surface area contributed by atoms with Gasteiger partial charge in [0.25, 0.3) is 5.69 Å². The number of nitro benzene ring substituents is 1. The first kappa shape index (κ1) is 24.8. The highest BCUT2D eigenvalue weighted by molar-refractivity contribution is 7.99. The maximum absolute atomic E-state index is 12.2. The van der Waals surface area contributed by atoms with Gasteiger partial charge >= 0.3 is 0 Å². The number of nitro groups is 1. The van der Waals surface area contributed by atoms with Crippen molar-refractivity contribution in [2.45, 2.75) is 25.4 Å². The van der Waals surface area contributed by atoms with Crippen LogP contribution in [-0.2, 0) is 9.59 Å². The summed E-state index contributed by atoms with van der Waals surface area (Å²) >= 11 is 1.17. The number of carbonyl (C=O) groups excluding carboxylic acids is 2. The van der Waals surface area contributed by atoms with Crippen LogP contribution in [0.5, 0.6) is 11.5 Å². The van der Waals surface area contributed by atoms with E-state index in [1.807, 2.05) is 13.8 Å². The normalized spacial score (nSPS) is 10.6. The van der Waals surface area contributed by atoms with Crippen LogP contribution >= 0.6 is 11.8 Å². The van der Waals surface area contributed by atoms with Gasteiger partial charge in [0.05, 0.1) is 34.9 Å². The number of aromatic amines is 1. The number of nitrogens with one attached hydrogen (secondary N) is 3. The molecule has 0 aliphatic heterocycles. The molecule has 0 atom stereocenters. The fraction of sp³-hybridized carbons (Fsp3) is 0.318.